The van der Waals surface area contributed by atoms with Gasteiger partial charge in [0.1, 0.15) is 6.04 Å². The standard InChI is InChI=1S/C11H12N2O2.C11H9NO3.H3N.H2O2.O2.H2O/c12-9(11(14)15)5-7-6-13-10-4-2-1-3-8(7)10;13-10(11(14)15)5-7-6-12-9-4-2-1-3-8(7)9;;2*1-2;/h1-4,6,9,13H,5,12H2,(H,14,15);1-4,6,12H,5H2,(H,14,15);1H3;1-2H;;1H2/t9-;;;;;/m0...../s1. The van der Waals surface area contributed by atoms with Crippen molar-refractivity contribution in [2.75, 3.05) is 0 Å². The summed E-state index contributed by atoms with van der Waals surface area (Å²) in [5, 5.41) is 31.1. The number of aliphatic carboxylic acids is 2. The van der Waals surface area contributed by atoms with E-state index in [1.54, 1.807) is 6.20 Å². The molecule has 4 rings (SSSR count). The number of benzene rings is 2. The maximum Gasteiger partial charge on any atom is 0.372 e. The molecule has 0 spiro atoms. The number of aromatic nitrogens is 2. The molecule has 0 aliphatic heterocycles. The molecule has 2 heterocycles. The van der Waals surface area contributed by atoms with Gasteiger partial charge in [-0.05, 0) is 23.3 Å². The normalized spacial score (nSPS) is 9.97. The lowest BCUT2D eigenvalue weighted by molar-refractivity contribution is -0.176. The monoisotopic (exact) mass is 508 g/mol. The number of aromatic amines is 2. The molecule has 14 heteroatoms. The molecular weight excluding hydrogens is 480 g/mol. The number of ketones is 1. The third-order valence-electron chi connectivity index (χ3n) is 4.70. The van der Waals surface area contributed by atoms with Crippen molar-refractivity contribution >= 4 is 39.5 Å². The fourth-order valence-electron chi connectivity index (χ4n) is 3.15. The summed E-state index contributed by atoms with van der Waals surface area (Å²) >= 11 is 0. The Bertz CT molecular complexity index is 1240. The zero-order chi connectivity index (χ0) is 25.7. The van der Waals surface area contributed by atoms with Crippen molar-refractivity contribution in [1.29, 1.82) is 0 Å². The number of carboxylic acid groups (broad SMARTS) is 2. The van der Waals surface area contributed by atoms with Crippen LogP contribution in [0, 0.1) is 9.93 Å². The zero-order valence-corrected chi connectivity index (χ0v) is 18.9. The quantitative estimate of drug-likeness (QED) is 0.106. The summed E-state index contributed by atoms with van der Waals surface area (Å²) in [4.78, 5) is 52.1. The van der Waals surface area contributed by atoms with Gasteiger partial charge in [0.05, 0.1) is 0 Å². The smallest absolute Gasteiger partial charge is 0.372 e. The van der Waals surface area contributed by atoms with E-state index in [9.17, 15) is 14.4 Å². The van der Waals surface area contributed by atoms with Crippen molar-refractivity contribution in [3.05, 3.63) is 82.0 Å². The number of nitrogens with two attached hydrogens (primary N) is 1. The Morgan fingerprint density at radius 2 is 1.22 bits per heavy atom. The molecule has 0 fully saturated rings. The lowest BCUT2D eigenvalue weighted by Gasteiger charge is -2.04. The predicted molar refractivity (Wildman–Crippen MR) is 133 cm³/mol. The lowest BCUT2D eigenvalue weighted by Crippen LogP contribution is -2.32. The second-order valence-electron chi connectivity index (χ2n) is 6.77. The highest BCUT2D eigenvalue weighted by Gasteiger charge is 2.15. The summed E-state index contributed by atoms with van der Waals surface area (Å²) in [5.41, 5.74) is 9.06. The lowest BCUT2D eigenvalue weighted by atomic mass is 10.1. The molecule has 0 radical (unpaired) electrons. The molecule has 196 valence electrons. The van der Waals surface area contributed by atoms with Gasteiger partial charge in [-0.15, -0.1) is 0 Å². The molecule has 1 atom stereocenters. The van der Waals surface area contributed by atoms with E-state index in [0.29, 0.717) is 6.42 Å². The first-order chi connectivity index (χ1) is 16.4. The molecule has 0 saturated heterocycles. The van der Waals surface area contributed by atoms with Gasteiger partial charge in [0.25, 0.3) is 0 Å². The first-order valence-corrected chi connectivity index (χ1v) is 9.58. The number of carbonyl (C=O) groups excluding carboxylic acids is 1. The van der Waals surface area contributed by atoms with Crippen LogP contribution in [-0.4, -0.2) is 59.9 Å². The number of fused-ring (bicyclic) bond motifs is 2. The van der Waals surface area contributed by atoms with E-state index in [2.05, 4.69) is 9.97 Å². The Morgan fingerprint density at radius 3 is 1.67 bits per heavy atom. The summed E-state index contributed by atoms with van der Waals surface area (Å²) < 4.78 is 0. The number of rotatable bonds is 6. The van der Waals surface area contributed by atoms with Crippen LogP contribution in [0.25, 0.3) is 21.8 Å². The molecule has 0 aliphatic carbocycles. The molecule has 0 unspecified atom stereocenters. The predicted octanol–water partition coefficient (Wildman–Crippen LogP) is 1.91. The number of carboxylic acids is 2. The van der Waals surface area contributed by atoms with Gasteiger partial charge >= 0.3 is 11.9 Å². The van der Waals surface area contributed by atoms with Gasteiger partial charge in [-0.1, -0.05) is 36.4 Å². The van der Waals surface area contributed by atoms with Crippen LogP contribution in [0.5, 0.6) is 0 Å². The van der Waals surface area contributed by atoms with E-state index in [1.807, 2.05) is 54.7 Å². The molecule has 36 heavy (non-hydrogen) atoms. The van der Waals surface area contributed by atoms with Crippen LogP contribution in [0.2, 0.25) is 0 Å². The number of carbonyl (C=O) groups is 3. The minimum atomic E-state index is -1.39. The Kier molecular flexibility index (Phi) is 15.9. The minimum Gasteiger partial charge on any atom is -0.480 e. The molecular formula is C22H28N4O10. The first kappa shape index (κ1) is 33.7. The maximum atomic E-state index is 11.0. The molecule has 14 nitrogen and oxygen atoms in total. The van der Waals surface area contributed by atoms with Crippen LogP contribution in [0.15, 0.2) is 60.9 Å². The van der Waals surface area contributed by atoms with Crippen molar-refractivity contribution in [1.82, 2.24) is 16.1 Å². The van der Waals surface area contributed by atoms with Gasteiger partial charge < -0.3 is 37.5 Å². The molecule has 2 aromatic heterocycles. The molecule has 0 aliphatic rings. The minimum absolute atomic E-state index is 0. The average molecular weight is 508 g/mol. The van der Waals surface area contributed by atoms with Gasteiger partial charge in [-0.25, -0.2) is 4.79 Å². The van der Waals surface area contributed by atoms with Crippen LogP contribution in [0.3, 0.4) is 0 Å². The molecule has 13 N–H and O–H groups in total. The van der Waals surface area contributed by atoms with Gasteiger partial charge in [0, 0.05) is 57.0 Å². The van der Waals surface area contributed by atoms with Gasteiger partial charge in [-0.3, -0.25) is 20.1 Å². The Labute approximate surface area is 203 Å². The molecule has 0 amide bonds. The van der Waals surface area contributed by atoms with Gasteiger partial charge in [-0.2, -0.15) is 0 Å². The van der Waals surface area contributed by atoms with Gasteiger partial charge in [0.2, 0.25) is 5.78 Å². The molecule has 0 saturated carbocycles. The van der Waals surface area contributed by atoms with Gasteiger partial charge in [0.15, 0.2) is 0 Å². The topological polar surface area (TPSA) is 290 Å². The van der Waals surface area contributed by atoms with E-state index in [0.717, 1.165) is 32.9 Å². The fraction of sp³-hybridized carbons (Fsp3) is 0.136. The van der Waals surface area contributed by atoms with Crippen LogP contribution < -0.4 is 11.9 Å². The fourth-order valence-corrected chi connectivity index (χ4v) is 3.15. The number of Topliss-reactive ketones (excluding diaryl/α,β-unsaturated/α-hetero) is 1. The number of hydrogen-bond donors (Lipinski definition) is 8. The van der Waals surface area contributed by atoms with E-state index >= 15 is 0 Å². The van der Waals surface area contributed by atoms with Crippen molar-refractivity contribution in [2.24, 2.45) is 5.73 Å². The second kappa shape index (κ2) is 17.0. The van der Waals surface area contributed by atoms with Crippen molar-refractivity contribution in [2.45, 2.75) is 18.9 Å². The van der Waals surface area contributed by atoms with E-state index < -0.39 is 23.8 Å². The van der Waals surface area contributed by atoms with Crippen LogP contribution in [-0.2, 0) is 27.2 Å². The van der Waals surface area contributed by atoms with Crippen LogP contribution >= 0.6 is 0 Å². The maximum absolute atomic E-state index is 11.0. The third-order valence-corrected chi connectivity index (χ3v) is 4.70. The summed E-state index contributed by atoms with van der Waals surface area (Å²) in [6.07, 6.45) is 3.76. The Balaban J connectivity index is 0. The molecule has 0 bridgehead atoms. The first-order valence-electron chi connectivity index (χ1n) is 9.58. The summed E-state index contributed by atoms with van der Waals surface area (Å²) in [6, 6.07) is 14.4. The second-order valence-corrected chi connectivity index (χ2v) is 6.77. The number of para-hydroxylation sites is 2. The SMILES string of the molecule is N.N[C@@H](Cc1c[nH]c2ccccc12)C(=O)O.O.O=C(O)C(=O)Cc1c[nH]c2ccccc12.O=O.OO. The van der Waals surface area contributed by atoms with Crippen molar-refractivity contribution in [3.8, 4) is 0 Å². The van der Waals surface area contributed by atoms with Crippen LogP contribution in [0.1, 0.15) is 11.1 Å². The van der Waals surface area contributed by atoms with Crippen molar-refractivity contribution < 1.29 is 40.6 Å². The summed E-state index contributed by atoms with van der Waals surface area (Å²) in [6.45, 7) is 0. The average Bonchev–Trinajstić information content (AvgIpc) is 3.46. The van der Waals surface area contributed by atoms with E-state index in [-0.39, 0.29) is 18.0 Å². The highest BCUT2D eigenvalue weighted by molar-refractivity contribution is 6.33. The highest BCUT2D eigenvalue weighted by atomic mass is 17.0. The largest absolute Gasteiger partial charge is 0.480 e. The summed E-state index contributed by atoms with van der Waals surface area (Å²) in [5.74, 6) is -3.15. The zero-order valence-electron chi connectivity index (χ0n) is 18.9. The number of hydrogen-bond acceptors (Lipinski definition) is 9. The third kappa shape index (κ3) is 9.05. The number of H-pyrrole nitrogens is 2. The highest BCUT2D eigenvalue weighted by Crippen LogP contribution is 2.19. The summed E-state index contributed by atoms with van der Waals surface area (Å²) in [7, 11) is 0. The Morgan fingerprint density at radius 1 is 0.806 bits per heavy atom. The molecule has 2 aromatic carbocycles. The van der Waals surface area contributed by atoms with Crippen molar-refractivity contribution in [3.63, 3.8) is 0 Å². The Hall–Kier alpha value is -4.47. The van der Waals surface area contributed by atoms with Crippen LogP contribution in [0.4, 0.5) is 0 Å². The number of nitrogens with one attached hydrogen (secondary N) is 2. The van der Waals surface area contributed by atoms with E-state index in [1.165, 1.54) is 0 Å². The molecule has 4 aromatic rings. The van der Waals surface area contributed by atoms with E-state index in [4.69, 9.17) is 36.4 Å².